The van der Waals surface area contributed by atoms with E-state index in [9.17, 15) is 12.8 Å². The highest BCUT2D eigenvalue weighted by atomic mass is 32.2. The number of hydrogen-bond donors (Lipinski definition) is 0. The third-order valence-electron chi connectivity index (χ3n) is 4.91. The molecule has 2 aliphatic heterocycles. The van der Waals surface area contributed by atoms with E-state index >= 15 is 0 Å². The lowest BCUT2D eigenvalue weighted by Crippen LogP contribution is -2.34. The number of likely N-dealkylation sites (tertiary alicyclic amines) is 1. The topological polar surface area (TPSA) is 49.9 Å². The Balaban J connectivity index is 1.60. The first-order chi connectivity index (χ1) is 10.9. The maximum atomic E-state index is 13.8. The van der Waals surface area contributed by atoms with Crippen molar-refractivity contribution in [3.8, 4) is 5.75 Å². The van der Waals surface area contributed by atoms with Gasteiger partial charge in [0.05, 0.1) is 12.9 Å². The molecule has 0 radical (unpaired) electrons. The van der Waals surface area contributed by atoms with Crippen LogP contribution in [0.3, 0.4) is 0 Å². The largest absolute Gasteiger partial charge is 0.494 e. The minimum Gasteiger partial charge on any atom is -0.494 e. The van der Waals surface area contributed by atoms with Gasteiger partial charge in [-0.3, -0.25) is 4.90 Å². The number of fused-ring (bicyclic) bond motifs is 1. The number of benzene rings is 1. The molecule has 0 saturated carbocycles. The molecule has 2 saturated heterocycles. The standard InChI is InChI=1S/C16H23FN2O3S/c1-3-23(20,21)19-10-13-8-18(9-14(13)11-19)7-12-4-5-16(22-2)15(17)6-12/h4-6,13-14H,3,7-11H2,1-2H3. The smallest absolute Gasteiger partial charge is 0.213 e. The van der Waals surface area contributed by atoms with Crippen LogP contribution in [0.2, 0.25) is 0 Å². The molecule has 0 spiro atoms. The maximum absolute atomic E-state index is 13.8. The summed E-state index contributed by atoms with van der Waals surface area (Å²) in [5.41, 5.74) is 0.918. The van der Waals surface area contributed by atoms with Crippen molar-refractivity contribution in [2.24, 2.45) is 11.8 Å². The third kappa shape index (κ3) is 3.36. The summed E-state index contributed by atoms with van der Waals surface area (Å²) < 4.78 is 44.2. The summed E-state index contributed by atoms with van der Waals surface area (Å²) in [7, 11) is -1.62. The van der Waals surface area contributed by atoms with Gasteiger partial charge in [-0.2, -0.15) is 0 Å². The van der Waals surface area contributed by atoms with E-state index in [1.165, 1.54) is 13.2 Å². The second-order valence-corrected chi connectivity index (χ2v) is 8.66. The molecule has 0 N–H and O–H groups in total. The number of halogens is 1. The molecule has 2 atom stereocenters. The van der Waals surface area contributed by atoms with Crippen LogP contribution in [0.4, 0.5) is 4.39 Å². The molecule has 23 heavy (non-hydrogen) atoms. The molecular weight excluding hydrogens is 319 g/mol. The highest BCUT2D eigenvalue weighted by Crippen LogP contribution is 2.33. The highest BCUT2D eigenvalue weighted by molar-refractivity contribution is 7.89. The fourth-order valence-electron chi connectivity index (χ4n) is 3.65. The Hall–Kier alpha value is -1.18. The normalized spacial score (nSPS) is 25.7. The van der Waals surface area contributed by atoms with E-state index in [2.05, 4.69) is 4.90 Å². The van der Waals surface area contributed by atoms with Crippen molar-refractivity contribution < 1.29 is 17.5 Å². The Labute approximate surface area is 137 Å². The van der Waals surface area contributed by atoms with Gasteiger partial charge in [0.25, 0.3) is 0 Å². The molecule has 1 aromatic rings. The van der Waals surface area contributed by atoms with E-state index in [4.69, 9.17) is 4.74 Å². The van der Waals surface area contributed by atoms with Crippen LogP contribution in [0.15, 0.2) is 18.2 Å². The Morgan fingerprint density at radius 1 is 1.22 bits per heavy atom. The molecule has 0 amide bonds. The van der Waals surface area contributed by atoms with Crippen LogP contribution in [0.1, 0.15) is 12.5 Å². The summed E-state index contributed by atoms with van der Waals surface area (Å²) in [6.07, 6.45) is 0. The predicted molar refractivity (Wildman–Crippen MR) is 86.2 cm³/mol. The zero-order chi connectivity index (χ0) is 16.6. The monoisotopic (exact) mass is 342 g/mol. The lowest BCUT2D eigenvalue weighted by Gasteiger charge is -2.21. The number of rotatable bonds is 5. The summed E-state index contributed by atoms with van der Waals surface area (Å²) in [5.74, 6) is 0.859. The first-order valence-electron chi connectivity index (χ1n) is 7.95. The SMILES string of the molecule is CCS(=O)(=O)N1CC2CN(Cc3ccc(OC)c(F)c3)CC2C1. The molecule has 128 valence electrons. The lowest BCUT2D eigenvalue weighted by molar-refractivity contribution is 0.289. The predicted octanol–water partition coefficient (Wildman–Crippen LogP) is 1.55. The van der Waals surface area contributed by atoms with Crippen molar-refractivity contribution in [3.63, 3.8) is 0 Å². The fraction of sp³-hybridized carbons (Fsp3) is 0.625. The van der Waals surface area contributed by atoms with Crippen molar-refractivity contribution in [2.75, 3.05) is 39.0 Å². The van der Waals surface area contributed by atoms with Gasteiger partial charge >= 0.3 is 0 Å². The van der Waals surface area contributed by atoms with Crippen LogP contribution >= 0.6 is 0 Å². The van der Waals surface area contributed by atoms with Gasteiger partial charge < -0.3 is 4.74 Å². The highest BCUT2D eigenvalue weighted by Gasteiger charge is 2.43. The first kappa shape index (κ1) is 16.7. The van der Waals surface area contributed by atoms with Gasteiger partial charge in [-0.15, -0.1) is 0 Å². The molecule has 7 heteroatoms. The average Bonchev–Trinajstić information content (AvgIpc) is 3.06. The fourth-order valence-corrected chi connectivity index (χ4v) is 4.85. The second-order valence-electron chi connectivity index (χ2n) is 6.40. The van der Waals surface area contributed by atoms with Crippen molar-refractivity contribution in [1.29, 1.82) is 0 Å². The van der Waals surface area contributed by atoms with Gasteiger partial charge in [-0.1, -0.05) is 6.07 Å². The molecule has 2 fully saturated rings. The summed E-state index contributed by atoms with van der Waals surface area (Å²) in [6, 6.07) is 5.04. The summed E-state index contributed by atoms with van der Waals surface area (Å²) in [4.78, 5) is 2.28. The quantitative estimate of drug-likeness (QED) is 0.815. The van der Waals surface area contributed by atoms with Crippen LogP contribution in [-0.2, 0) is 16.6 Å². The van der Waals surface area contributed by atoms with Crippen LogP contribution in [0.25, 0.3) is 0 Å². The van der Waals surface area contributed by atoms with E-state index in [-0.39, 0.29) is 17.3 Å². The van der Waals surface area contributed by atoms with Gasteiger partial charge in [0.1, 0.15) is 0 Å². The molecule has 3 rings (SSSR count). The molecule has 0 aromatic heterocycles. The zero-order valence-electron chi connectivity index (χ0n) is 13.5. The number of methoxy groups -OCH3 is 1. The van der Waals surface area contributed by atoms with Gasteiger partial charge in [0.15, 0.2) is 11.6 Å². The molecule has 0 aliphatic carbocycles. The molecule has 0 bridgehead atoms. The van der Waals surface area contributed by atoms with Crippen molar-refractivity contribution >= 4 is 10.0 Å². The van der Waals surface area contributed by atoms with Crippen LogP contribution in [-0.4, -0.2) is 56.7 Å². The van der Waals surface area contributed by atoms with Crippen molar-refractivity contribution in [3.05, 3.63) is 29.6 Å². The molecule has 2 unspecified atom stereocenters. The Morgan fingerprint density at radius 2 is 1.87 bits per heavy atom. The van der Waals surface area contributed by atoms with Gasteiger partial charge in [0.2, 0.25) is 10.0 Å². The zero-order valence-corrected chi connectivity index (χ0v) is 14.4. The Kier molecular flexibility index (Phi) is 4.62. The van der Waals surface area contributed by atoms with E-state index in [1.807, 2.05) is 6.07 Å². The van der Waals surface area contributed by atoms with E-state index in [1.54, 1.807) is 17.3 Å². The molecular formula is C16H23FN2O3S. The molecule has 5 nitrogen and oxygen atoms in total. The molecule has 2 aliphatic rings. The number of nitrogens with zero attached hydrogens (tertiary/aromatic N) is 2. The molecule has 2 heterocycles. The van der Waals surface area contributed by atoms with E-state index < -0.39 is 10.0 Å². The van der Waals surface area contributed by atoms with Gasteiger partial charge in [-0.25, -0.2) is 17.1 Å². The first-order valence-corrected chi connectivity index (χ1v) is 9.56. The van der Waals surface area contributed by atoms with Crippen LogP contribution < -0.4 is 4.74 Å². The number of sulfonamides is 1. The minimum absolute atomic E-state index is 0.168. The van der Waals surface area contributed by atoms with Crippen LogP contribution in [0, 0.1) is 17.7 Å². The Bertz CT molecular complexity index is 666. The number of hydrogen-bond acceptors (Lipinski definition) is 4. The molecule has 1 aromatic carbocycles. The van der Waals surface area contributed by atoms with Gasteiger partial charge in [-0.05, 0) is 36.5 Å². The average molecular weight is 342 g/mol. The lowest BCUT2D eigenvalue weighted by atomic mass is 10.0. The van der Waals surface area contributed by atoms with Gasteiger partial charge in [0, 0.05) is 32.7 Å². The van der Waals surface area contributed by atoms with E-state index in [0.717, 1.165) is 18.7 Å². The Morgan fingerprint density at radius 3 is 2.39 bits per heavy atom. The van der Waals surface area contributed by atoms with E-state index in [0.29, 0.717) is 31.5 Å². The maximum Gasteiger partial charge on any atom is 0.213 e. The summed E-state index contributed by atoms with van der Waals surface area (Å²) >= 11 is 0. The summed E-state index contributed by atoms with van der Waals surface area (Å²) in [5, 5.41) is 0. The minimum atomic E-state index is -3.08. The van der Waals surface area contributed by atoms with Crippen molar-refractivity contribution in [1.82, 2.24) is 9.21 Å². The second kappa shape index (κ2) is 6.37. The third-order valence-corrected chi connectivity index (χ3v) is 6.72. The summed E-state index contributed by atoms with van der Waals surface area (Å²) in [6.45, 7) is 5.35. The van der Waals surface area contributed by atoms with Crippen molar-refractivity contribution in [2.45, 2.75) is 13.5 Å². The van der Waals surface area contributed by atoms with Crippen LogP contribution in [0.5, 0.6) is 5.75 Å². The number of ether oxygens (including phenoxy) is 1.